The summed E-state index contributed by atoms with van der Waals surface area (Å²) in [6, 6.07) is 4.26. The number of nitro groups is 1. The molecule has 9 heteroatoms. The Bertz CT molecular complexity index is 720. The number of nitrogens with zero attached hydrogens (tertiary/aromatic N) is 5. The van der Waals surface area contributed by atoms with Gasteiger partial charge in [-0.15, -0.1) is 10.2 Å². The van der Waals surface area contributed by atoms with Crippen molar-refractivity contribution in [3.05, 3.63) is 34.6 Å². The van der Waals surface area contributed by atoms with Crippen molar-refractivity contribution in [2.24, 2.45) is 0 Å². The van der Waals surface area contributed by atoms with Crippen molar-refractivity contribution in [2.45, 2.75) is 0 Å². The van der Waals surface area contributed by atoms with E-state index in [0.717, 1.165) is 0 Å². The van der Waals surface area contributed by atoms with Crippen molar-refractivity contribution in [3.8, 4) is 10.6 Å². The number of nitrogens with two attached hydrogens (primary N) is 1. The van der Waals surface area contributed by atoms with E-state index < -0.39 is 4.92 Å². The first-order chi connectivity index (χ1) is 8.65. The van der Waals surface area contributed by atoms with Crippen LogP contribution in [0.2, 0.25) is 0 Å². The quantitative estimate of drug-likeness (QED) is 0.423. The number of anilines is 1. The van der Waals surface area contributed by atoms with E-state index >= 15 is 0 Å². The number of hydrogen-bond acceptors (Lipinski definition) is 7. The SMILES string of the molecule is Nc1ccc([N+](=O)[O-])cc1-c1nn2cnnc2s1. The van der Waals surface area contributed by atoms with Gasteiger partial charge in [-0.1, -0.05) is 11.3 Å². The van der Waals surface area contributed by atoms with E-state index in [1.54, 1.807) is 0 Å². The third-order valence-corrected chi connectivity index (χ3v) is 3.31. The molecule has 0 aliphatic heterocycles. The maximum Gasteiger partial charge on any atom is 0.270 e. The van der Waals surface area contributed by atoms with Gasteiger partial charge in [0.2, 0.25) is 4.96 Å². The summed E-state index contributed by atoms with van der Waals surface area (Å²) in [4.78, 5) is 10.9. The van der Waals surface area contributed by atoms with E-state index in [0.29, 0.717) is 21.2 Å². The van der Waals surface area contributed by atoms with Crippen LogP contribution in [0.1, 0.15) is 0 Å². The maximum atomic E-state index is 10.7. The van der Waals surface area contributed by atoms with Crippen LogP contribution in [0.3, 0.4) is 0 Å². The lowest BCUT2D eigenvalue weighted by Gasteiger charge is -2.00. The Labute approximate surface area is 104 Å². The van der Waals surface area contributed by atoms with Crippen LogP contribution in [0.5, 0.6) is 0 Å². The Morgan fingerprint density at radius 3 is 3.00 bits per heavy atom. The largest absolute Gasteiger partial charge is 0.398 e. The molecule has 0 fully saturated rings. The van der Waals surface area contributed by atoms with E-state index in [4.69, 9.17) is 5.73 Å². The molecule has 3 aromatic rings. The minimum Gasteiger partial charge on any atom is -0.398 e. The molecule has 0 atom stereocenters. The smallest absolute Gasteiger partial charge is 0.270 e. The number of fused-ring (bicyclic) bond motifs is 1. The highest BCUT2D eigenvalue weighted by molar-refractivity contribution is 7.19. The number of aromatic nitrogens is 4. The summed E-state index contributed by atoms with van der Waals surface area (Å²) >= 11 is 1.27. The molecule has 0 aliphatic carbocycles. The van der Waals surface area contributed by atoms with Crippen molar-refractivity contribution in [1.82, 2.24) is 19.8 Å². The fourth-order valence-electron chi connectivity index (χ4n) is 1.51. The second kappa shape index (κ2) is 3.74. The molecule has 0 amide bonds. The molecular formula is C9H6N6O2S. The molecule has 90 valence electrons. The van der Waals surface area contributed by atoms with E-state index in [1.807, 2.05) is 0 Å². The Hall–Kier alpha value is -2.55. The first kappa shape index (κ1) is 10.6. The zero-order chi connectivity index (χ0) is 12.7. The van der Waals surface area contributed by atoms with Gasteiger partial charge in [0.15, 0.2) is 0 Å². The highest BCUT2D eigenvalue weighted by Gasteiger charge is 2.15. The molecule has 0 unspecified atom stereocenters. The second-order valence-corrected chi connectivity index (χ2v) is 4.45. The third-order valence-electron chi connectivity index (χ3n) is 2.36. The van der Waals surface area contributed by atoms with Crippen LogP contribution in [-0.4, -0.2) is 24.7 Å². The van der Waals surface area contributed by atoms with Crippen molar-refractivity contribution in [2.75, 3.05) is 5.73 Å². The van der Waals surface area contributed by atoms with Crippen LogP contribution in [0.25, 0.3) is 15.5 Å². The molecule has 3 rings (SSSR count). The molecule has 2 N–H and O–H groups in total. The summed E-state index contributed by atoms with van der Waals surface area (Å²) in [5.41, 5.74) is 6.75. The second-order valence-electron chi connectivity index (χ2n) is 3.49. The summed E-state index contributed by atoms with van der Waals surface area (Å²) in [5.74, 6) is 0. The average molecular weight is 262 g/mol. The minimum atomic E-state index is -0.469. The van der Waals surface area contributed by atoms with Gasteiger partial charge in [-0.3, -0.25) is 10.1 Å². The zero-order valence-electron chi connectivity index (χ0n) is 8.85. The van der Waals surface area contributed by atoms with Crippen LogP contribution in [0.15, 0.2) is 24.5 Å². The highest BCUT2D eigenvalue weighted by Crippen LogP contribution is 2.32. The van der Waals surface area contributed by atoms with Crippen LogP contribution in [-0.2, 0) is 0 Å². The van der Waals surface area contributed by atoms with Crippen LogP contribution in [0, 0.1) is 10.1 Å². The normalized spacial score (nSPS) is 10.9. The first-order valence-electron chi connectivity index (χ1n) is 4.86. The molecule has 0 radical (unpaired) electrons. The summed E-state index contributed by atoms with van der Waals surface area (Å²) < 4.78 is 1.50. The van der Waals surface area contributed by atoms with Crippen molar-refractivity contribution in [3.63, 3.8) is 0 Å². The number of nitro benzene ring substituents is 1. The predicted molar refractivity (Wildman–Crippen MR) is 65.2 cm³/mol. The Balaban J connectivity index is 2.18. The molecule has 8 nitrogen and oxygen atoms in total. The Morgan fingerprint density at radius 1 is 1.44 bits per heavy atom. The number of benzene rings is 1. The lowest BCUT2D eigenvalue weighted by Crippen LogP contribution is -1.94. The van der Waals surface area contributed by atoms with Crippen LogP contribution >= 0.6 is 11.3 Å². The van der Waals surface area contributed by atoms with Crippen LogP contribution < -0.4 is 5.73 Å². The molecule has 0 saturated heterocycles. The van der Waals surface area contributed by atoms with Gasteiger partial charge in [0.25, 0.3) is 5.69 Å². The Morgan fingerprint density at radius 2 is 2.28 bits per heavy atom. The van der Waals surface area contributed by atoms with Gasteiger partial charge in [-0.2, -0.15) is 9.61 Å². The molecular weight excluding hydrogens is 256 g/mol. The van der Waals surface area contributed by atoms with E-state index in [1.165, 1.54) is 40.4 Å². The highest BCUT2D eigenvalue weighted by atomic mass is 32.1. The van der Waals surface area contributed by atoms with E-state index in [-0.39, 0.29) is 5.69 Å². The number of nitrogen functional groups attached to an aromatic ring is 1. The van der Waals surface area contributed by atoms with Crippen molar-refractivity contribution in [1.29, 1.82) is 0 Å². The summed E-state index contributed by atoms with van der Waals surface area (Å²) in [6.07, 6.45) is 1.46. The monoisotopic (exact) mass is 262 g/mol. The fourth-order valence-corrected chi connectivity index (χ4v) is 2.37. The summed E-state index contributed by atoms with van der Waals surface area (Å²) in [5, 5.41) is 23.1. The topological polar surface area (TPSA) is 112 Å². The summed E-state index contributed by atoms with van der Waals surface area (Å²) in [7, 11) is 0. The lowest BCUT2D eigenvalue weighted by molar-refractivity contribution is -0.384. The van der Waals surface area contributed by atoms with Crippen LogP contribution in [0.4, 0.5) is 11.4 Å². The van der Waals surface area contributed by atoms with Gasteiger partial charge in [-0.05, 0) is 6.07 Å². The van der Waals surface area contributed by atoms with Gasteiger partial charge in [0, 0.05) is 23.4 Å². The summed E-state index contributed by atoms with van der Waals surface area (Å²) in [6.45, 7) is 0. The average Bonchev–Trinajstić information content (AvgIpc) is 2.89. The van der Waals surface area contributed by atoms with Gasteiger partial charge in [0.1, 0.15) is 11.3 Å². The maximum absolute atomic E-state index is 10.7. The van der Waals surface area contributed by atoms with Crippen molar-refractivity contribution >= 4 is 27.7 Å². The number of rotatable bonds is 2. The number of hydrogen-bond donors (Lipinski definition) is 1. The standard InChI is InChI=1S/C9H6N6O2S/c10-7-2-1-5(15(16)17)3-6(7)8-13-14-4-11-12-9(14)18-8/h1-4H,10H2. The van der Waals surface area contributed by atoms with Crippen molar-refractivity contribution < 1.29 is 4.92 Å². The van der Waals surface area contributed by atoms with Gasteiger partial charge in [-0.25, -0.2) is 0 Å². The predicted octanol–water partition coefficient (Wildman–Crippen LogP) is 1.34. The van der Waals surface area contributed by atoms with Gasteiger partial charge >= 0.3 is 0 Å². The molecule has 0 aliphatic rings. The number of non-ortho nitro benzene ring substituents is 1. The molecule has 2 aromatic heterocycles. The lowest BCUT2D eigenvalue weighted by atomic mass is 10.1. The fraction of sp³-hybridized carbons (Fsp3) is 0. The van der Waals surface area contributed by atoms with Gasteiger partial charge in [0.05, 0.1) is 4.92 Å². The molecule has 18 heavy (non-hydrogen) atoms. The van der Waals surface area contributed by atoms with E-state index in [2.05, 4.69) is 15.3 Å². The van der Waals surface area contributed by atoms with Gasteiger partial charge < -0.3 is 5.73 Å². The molecule has 0 saturated carbocycles. The molecule has 0 bridgehead atoms. The van der Waals surface area contributed by atoms with E-state index in [9.17, 15) is 10.1 Å². The molecule has 1 aromatic carbocycles. The third kappa shape index (κ3) is 1.57. The molecule has 2 heterocycles. The minimum absolute atomic E-state index is 0.0230. The molecule has 0 spiro atoms. The zero-order valence-corrected chi connectivity index (χ0v) is 9.66. The Kier molecular flexibility index (Phi) is 2.20. The first-order valence-corrected chi connectivity index (χ1v) is 5.68.